The molecule has 1 atom stereocenters. The van der Waals surface area contributed by atoms with E-state index in [0.717, 1.165) is 25.0 Å². The Balaban J connectivity index is 1.35. The number of H-pyrrole nitrogens is 1. The third-order valence-corrected chi connectivity index (χ3v) is 5.09. The molecule has 1 fully saturated rings. The molecule has 1 N–H and O–H groups in total. The van der Waals surface area contributed by atoms with Crippen LogP contribution in [-0.2, 0) is 0 Å². The molecule has 0 aliphatic carbocycles. The number of carbonyl (C=O) groups is 1. The fourth-order valence-corrected chi connectivity index (χ4v) is 3.73. The van der Waals surface area contributed by atoms with Crippen LogP contribution in [0.5, 0.6) is 11.5 Å². The van der Waals surface area contributed by atoms with E-state index in [2.05, 4.69) is 23.2 Å². The van der Waals surface area contributed by atoms with Gasteiger partial charge in [0.25, 0.3) is 5.91 Å². The maximum absolute atomic E-state index is 12.8. The number of rotatable bonds is 2. The van der Waals surface area contributed by atoms with Gasteiger partial charge in [-0.1, -0.05) is 18.2 Å². The second kappa shape index (κ2) is 5.55. The van der Waals surface area contributed by atoms with Crippen LogP contribution in [0.25, 0.3) is 10.9 Å². The molecular formula is C20H18N2O3. The summed E-state index contributed by atoms with van der Waals surface area (Å²) in [7, 11) is 0. The SMILES string of the molecule is O=C(c1ccc2c(c1)OCO2)N1CCC(c2cc3ccccc3[nH]2)C1. The molecule has 25 heavy (non-hydrogen) atoms. The van der Waals surface area contributed by atoms with E-state index in [9.17, 15) is 4.79 Å². The predicted molar refractivity (Wildman–Crippen MR) is 94.1 cm³/mol. The lowest BCUT2D eigenvalue weighted by molar-refractivity contribution is 0.0790. The highest BCUT2D eigenvalue weighted by atomic mass is 16.7. The van der Waals surface area contributed by atoms with Gasteiger partial charge in [-0.3, -0.25) is 4.79 Å². The molecule has 2 aliphatic heterocycles. The van der Waals surface area contributed by atoms with Gasteiger partial charge in [0.05, 0.1) is 0 Å². The van der Waals surface area contributed by atoms with Gasteiger partial charge in [0.2, 0.25) is 6.79 Å². The number of carbonyl (C=O) groups excluding carboxylic acids is 1. The van der Waals surface area contributed by atoms with Gasteiger partial charge in [-0.15, -0.1) is 0 Å². The second-order valence-corrected chi connectivity index (χ2v) is 6.62. The Bertz CT molecular complexity index is 929. The molecule has 3 heterocycles. The standard InChI is InChI=1S/C20H18N2O3/c23-20(14-5-6-18-19(10-14)25-12-24-18)22-8-7-15(11-22)17-9-13-3-1-2-4-16(13)21-17/h1-6,9-10,15,21H,7-8,11-12H2. The minimum Gasteiger partial charge on any atom is -0.454 e. The van der Waals surface area contributed by atoms with Crippen molar-refractivity contribution in [3.8, 4) is 11.5 Å². The average molecular weight is 334 g/mol. The molecule has 5 heteroatoms. The number of aromatic nitrogens is 1. The van der Waals surface area contributed by atoms with E-state index in [0.29, 0.717) is 23.0 Å². The van der Waals surface area contributed by atoms with Crippen LogP contribution in [0.15, 0.2) is 48.5 Å². The summed E-state index contributed by atoms with van der Waals surface area (Å²) in [4.78, 5) is 18.2. The van der Waals surface area contributed by atoms with Crippen LogP contribution in [0.1, 0.15) is 28.4 Å². The van der Waals surface area contributed by atoms with Crippen molar-refractivity contribution in [1.29, 1.82) is 0 Å². The first-order chi connectivity index (χ1) is 12.3. The third-order valence-electron chi connectivity index (χ3n) is 5.09. The van der Waals surface area contributed by atoms with E-state index >= 15 is 0 Å². The Morgan fingerprint density at radius 2 is 1.96 bits per heavy atom. The summed E-state index contributed by atoms with van der Waals surface area (Å²) < 4.78 is 10.7. The third kappa shape index (κ3) is 2.43. The molecule has 1 amide bonds. The first kappa shape index (κ1) is 14.4. The van der Waals surface area contributed by atoms with Crippen LogP contribution >= 0.6 is 0 Å². The summed E-state index contributed by atoms with van der Waals surface area (Å²) >= 11 is 0. The number of fused-ring (bicyclic) bond motifs is 2. The number of hydrogen-bond acceptors (Lipinski definition) is 3. The van der Waals surface area contributed by atoms with E-state index in [-0.39, 0.29) is 12.7 Å². The minimum absolute atomic E-state index is 0.0527. The molecule has 1 unspecified atom stereocenters. The highest BCUT2D eigenvalue weighted by Crippen LogP contribution is 2.34. The molecule has 3 aromatic rings. The van der Waals surface area contributed by atoms with E-state index in [1.807, 2.05) is 23.1 Å². The molecule has 0 spiro atoms. The number of ether oxygens (including phenoxy) is 2. The summed E-state index contributed by atoms with van der Waals surface area (Å²) in [5.41, 5.74) is 3.02. The van der Waals surface area contributed by atoms with Gasteiger partial charge in [-0.25, -0.2) is 0 Å². The average Bonchev–Trinajstić information content (AvgIpc) is 3.37. The molecule has 5 rings (SSSR count). The van der Waals surface area contributed by atoms with E-state index in [1.54, 1.807) is 12.1 Å². The summed E-state index contributed by atoms with van der Waals surface area (Å²) in [6, 6.07) is 15.9. The lowest BCUT2D eigenvalue weighted by atomic mass is 10.1. The van der Waals surface area contributed by atoms with Gasteiger partial charge >= 0.3 is 0 Å². The Hall–Kier alpha value is -2.95. The van der Waals surface area contributed by atoms with Crippen molar-refractivity contribution < 1.29 is 14.3 Å². The van der Waals surface area contributed by atoms with Crippen molar-refractivity contribution in [3.05, 3.63) is 59.8 Å². The molecule has 2 aliphatic rings. The topological polar surface area (TPSA) is 54.6 Å². The van der Waals surface area contributed by atoms with Crippen molar-refractivity contribution >= 4 is 16.8 Å². The highest BCUT2D eigenvalue weighted by Gasteiger charge is 2.29. The summed E-state index contributed by atoms with van der Waals surface area (Å²) in [5, 5.41) is 1.22. The molecule has 5 nitrogen and oxygen atoms in total. The number of para-hydroxylation sites is 1. The van der Waals surface area contributed by atoms with Gasteiger partial charge in [0.15, 0.2) is 11.5 Å². The number of amides is 1. The van der Waals surface area contributed by atoms with Crippen LogP contribution < -0.4 is 9.47 Å². The Morgan fingerprint density at radius 1 is 1.08 bits per heavy atom. The van der Waals surface area contributed by atoms with Crippen molar-refractivity contribution in [2.24, 2.45) is 0 Å². The number of hydrogen-bond donors (Lipinski definition) is 1. The van der Waals surface area contributed by atoms with Gasteiger partial charge < -0.3 is 19.4 Å². The van der Waals surface area contributed by atoms with E-state index in [4.69, 9.17) is 9.47 Å². The minimum atomic E-state index is 0.0527. The fraction of sp³-hybridized carbons (Fsp3) is 0.250. The molecule has 2 aromatic carbocycles. The van der Waals surface area contributed by atoms with Crippen LogP contribution in [0.3, 0.4) is 0 Å². The molecule has 1 aromatic heterocycles. The number of nitrogens with one attached hydrogen (secondary N) is 1. The van der Waals surface area contributed by atoms with Gasteiger partial charge in [0.1, 0.15) is 0 Å². The van der Waals surface area contributed by atoms with Crippen LogP contribution in [0.2, 0.25) is 0 Å². The zero-order valence-corrected chi connectivity index (χ0v) is 13.7. The lowest BCUT2D eigenvalue weighted by Crippen LogP contribution is -2.28. The number of aromatic amines is 1. The first-order valence-corrected chi connectivity index (χ1v) is 8.54. The Kier molecular flexibility index (Phi) is 3.20. The summed E-state index contributed by atoms with van der Waals surface area (Å²) in [6.07, 6.45) is 0.975. The monoisotopic (exact) mass is 334 g/mol. The number of nitrogens with zero attached hydrogens (tertiary/aromatic N) is 1. The normalized spacial score (nSPS) is 18.9. The zero-order valence-electron chi connectivity index (χ0n) is 13.7. The van der Waals surface area contributed by atoms with Gasteiger partial charge in [-0.2, -0.15) is 0 Å². The van der Waals surface area contributed by atoms with Crippen molar-refractivity contribution in [2.45, 2.75) is 12.3 Å². The molecule has 0 bridgehead atoms. The fourth-order valence-electron chi connectivity index (χ4n) is 3.73. The predicted octanol–water partition coefficient (Wildman–Crippen LogP) is 3.53. The first-order valence-electron chi connectivity index (χ1n) is 8.54. The largest absolute Gasteiger partial charge is 0.454 e. The maximum Gasteiger partial charge on any atom is 0.254 e. The molecule has 0 saturated carbocycles. The number of benzene rings is 2. The van der Waals surface area contributed by atoms with Crippen LogP contribution in [0.4, 0.5) is 0 Å². The Morgan fingerprint density at radius 3 is 2.88 bits per heavy atom. The maximum atomic E-state index is 12.8. The van der Waals surface area contributed by atoms with Crippen LogP contribution in [0, 0.1) is 0 Å². The molecule has 0 radical (unpaired) electrons. The van der Waals surface area contributed by atoms with Crippen molar-refractivity contribution in [2.75, 3.05) is 19.9 Å². The van der Waals surface area contributed by atoms with E-state index in [1.165, 1.54) is 11.1 Å². The smallest absolute Gasteiger partial charge is 0.254 e. The van der Waals surface area contributed by atoms with Crippen molar-refractivity contribution in [1.82, 2.24) is 9.88 Å². The molecule has 1 saturated heterocycles. The quantitative estimate of drug-likeness (QED) is 0.780. The van der Waals surface area contributed by atoms with Gasteiger partial charge in [-0.05, 0) is 42.1 Å². The summed E-state index contributed by atoms with van der Waals surface area (Å²) in [5.74, 6) is 1.76. The zero-order chi connectivity index (χ0) is 16.8. The van der Waals surface area contributed by atoms with E-state index < -0.39 is 0 Å². The number of likely N-dealkylation sites (tertiary alicyclic amines) is 1. The van der Waals surface area contributed by atoms with Crippen molar-refractivity contribution in [3.63, 3.8) is 0 Å². The second-order valence-electron chi connectivity index (χ2n) is 6.62. The molecular weight excluding hydrogens is 316 g/mol. The highest BCUT2D eigenvalue weighted by molar-refractivity contribution is 5.95. The lowest BCUT2D eigenvalue weighted by Gasteiger charge is -2.16. The van der Waals surface area contributed by atoms with Gasteiger partial charge in [0, 0.05) is 35.8 Å². The Labute approximate surface area is 145 Å². The summed E-state index contributed by atoms with van der Waals surface area (Å²) in [6.45, 7) is 1.73. The molecule has 126 valence electrons. The van der Waals surface area contributed by atoms with Crippen LogP contribution in [-0.4, -0.2) is 35.7 Å².